The smallest absolute Gasteiger partial charge is 0.313 e. The number of primary amides is 1. The van der Waals surface area contributed by atoms with E-state index in [1.165, 1.54) is 0 Å². The first-order chi connectivity index (χ1) is 7.49. The number of carbonyl (C=O) groups excluding carboxylic acids is 2. The van der Waals surface area contributed by atoms with Crippen LogP contribution < -0.4 is 11.1 Å². The van der Waals surface area contributed by atoms with Crippen LogP contribution in [0, 0.1) is 0 Å². The van der Waals surface area contributed by atoms with Crippen LogP contribution in [0.1, 0.15) is 13.8 Å². The number of hydrogen-bond donors (Lipinski definition) is 2. The van der Waals surface area contributed by atoms with Gasteiger partial charge in [-0.2, -0.15) is 0 Å². The summed E-state index contributed by atoms with van der Waals surface area (Å²) in [6.45, 7) is 4.21. The average molecular weight is 238 g/mol. The summed E-state index contributed by atoms with van der Waals surface area (Å²) < 4.78 is 0. The van der Waals surface area contributed by atoms with Gasteiger partial charge in [0.15, 0.2) is 0 Å². The third-order valence-electron chi connectivity index (χ3n) is 1.71. The molecule has 0 saturated heterocycles. The number of carbonyl (C=O) groups is 2. The van der Waals surface area contributed by atoms with Gasteiger partial charge in [0.2, 0.25) is 0 Å². The molecule has 0 aliphatic carbocycles. The van der Waals surface area contributed by atoms with Crippen LogP contribution in [0.4, 0.5) is 5.69 Å². The molecule has 4 nitrogen and oxygen atoms in total. The molecule has 0 atom stereocenters. The van der Waals surface area contributed by atoms with Gasteiger partial charge in [-0.1, -0.05) is 13.8 Å². The molecule has 0 fully saturated rings. The van der Waals surface area contributed by atoms with Crippen molar-refractivity contribution in [3.05, 3.63) is 24.3 Å². The molecule has 0 heterocycles. The zero-order valence-corrected chi connectivity index (χ0v) is 10.0. The first-order valence-corrected chi connectivity index (χ1v) is 5.74. The summed E-state index contributed by atoms with van der Waals surface area (Å²) in [6, 6.07) is 7.26. The van der Waals surface area contributed by atoms with E-state index < -0.39 is 11.8 Å². The Balaban J connectivity index is 2.64. The summed E-state index contributed by atoms with van der Waals surface area (Å²) in [6.07, 6.45) is 0. The molecule has 0 aliphatic rings. The maximum atomic E-state index is 11.0. The van der Waals surface area contributed by atoms with Crippen LogP contribution in [0.2, 0.25) is 0 Å². The van der Waals surface area contributed by atoms with Gasteiger partial charge in [-0.05, 0) is 24.3 Å². The van der Waals surface area contributed by atoms with E-state index in [2.05, 4.69) is 19.2 Å². The van der Waals surface area contributed by atoms with Gasteiger partial charge in [-0.25, -0.2) is 0 Å². The molecule has 0 bridgehead atoms. The van der Waals surface area contributed by atoms with Crippen molar-refractivity contribution >= 4 is 29.3 Å². The van der Waals surface area contributed by atoms with Gasteiger partial charge in [-0.15, -0.1) is 11.8 Å². The van der Waals surface area contributed by atoms with Gasteiger partial charge in [0, 0.05) is 15.8 Å². The Bertz CT molecular complexity index is 387. The number of nitrogens with one attached hydrogen (secondary N) is 1. The molecule has 0 saturated carbocycles. The van der Waals surface area contributed by atoms with E-state index in [1.54, 1.807) is 23.9 Å². The van der Waals surface area contributed by atoms with Gasteiger partial charge >= 0.3 is 11.8 Å². The molecular formula is C11H14N2O2S. The quantitative estimate of drug-likeness (QED) is 0.620. The minimum atomic E-state index is -0.986. The topological polar surface area (TPSA) is 72.2 Å². The van der Waals surface area contributed by atoms with Crippen LogP contribution >= 0.6 is 11.8 Å². The van der Waals surface area contributed by atoms with E-state index in [0.717, 1.165) is 4.90 Å². The highest BCUT2D eigenvalue weighted by Crippen LogP contribution is 2.23. The summed E-state index contributed by atoms with van der Waals surface area (Å²) in [5, 5.41) is 2.90. The lowest BCUT2D eigenvalue weighted by Crippen LogP contribution is -2.29. The van der Waals surface area contributed by atoms with Gasteiger partial charge < -0.3 is 11.1 Å². The lowest BCUT2D eigenvalue weighted by atomic mass is 10.3. The minimum Gasteiger partial charge on any atom is -0.361 e. The molecule has 0 unspecified atom stereocenters. The standard InChI is InChI=1S/C11H14N2O2S/c1-7(2)16-9-5-3-8(4-6-9)13-11(15)10(12)14/h3-7H,1-2H3,(H2,12,14)(H,13,15). The normalized spacial score (nSPS) is 10.2. The lowest BCUT2D eigenvalue weighted by Gasteiger charge is -2.06. The number of nitrogens with two attached hydrogens (primary N) is 1. The maximum absolute atomic E-state index is 11.0. The average Bonchev–Trinajstić information content (AvgIpc) is 2.20. The molecule has 3 N–H and O–H groups in total. The fourth-order valence-corrected chi connectivity index (χ4v) is 1.92. The van der Waals surface area contributed by atoms with E-state index in [1.807, 2.05) is 12.1 Å². The van der Waals surface area contributed by atoms with Crippen molar-refractivity contribution in [2.45, 2.75) is 24.0 Å². The Labute approximate surface area is 98.6 Å². The zero-order chi connectivity index (χ0) is 12.1. The molecule has 86 valence electrons. The summed E-state index contributed by atoms with van der Waals surface area (Å²) in [7, 11) is 0. The first kappa shape index (κ1) is 12.6. The van der Waals surface area contributed by atoms with Crippen molar-refractivity contribution in [2.75, 3.05) is 5.32 Å². The lowest BCUT2D eigenvalue weighted by molar-refractivity contribution is -0.134. The van der Waals surface area contributed by atoms with E-state index in [4.69, 9.17) is 5.73 Å². The summed E-state index contributed by atoms with van der Waals surface area (Å²) in [4.78, 5) is 22.6. The molecular weight excluding hydrogens is 224 g/mol. The minimum absolute atomic E-state index is 0.506. The summed E-state index contributed by atoms with van der Waals surface area (Å²) >= 11 is 1.73. The summed E-state index contributed by atoms with van der Waals surface area (Å²) in [5.41, 5.74) is 5.39. The van der Waals surface area contributed by atoms with Crippen LogP contribution in [0.15, 0.2) is 29.2 Å². The van der Waals surface area contributed by atoms with E-state index in [9.17, 15) is 9.59 Å². The fraction of sp³-hybridized carbons (Fsp3) is 0.273. The van der Waals surface area contributed by atoms with Crippen LogP contribution in [0.5, 0.6) is 0 Å². The second kappa shape index (κ2) is 5.55. The monoisotopic (exact) mass is 238 g/mol. The van der Waals surface area contributed by atoms with Crippen molar-refractivity contribution in [1.29, 1.82) is 0 Å². The Kier molecular flexibility index (Phi) is 4.37. The molecule has 1 aromatic rings. The highest BCUT2D eigenvalue weighted by molar-refractivity contribution is 7.99. The molecule has 0 spiro atoms. The molecule has 0 aromatic heterocycles. The summed E-state index contributed by atoms with van der Waals surface area (Å²) in [5.74, 6) is -1.79. The molecule has 0 radical (unpaired) electrons. The largest absolute Gasteiger partial charge is 0.361 e. The second-order valence-corrected chi connectivity index (χ2v) is 5.16. The number of anilines is 1. The van der Waals surface area contributed by atoms with Gasteiger partial charge in [0.25, 0.3) is 0 Å². The van der Waals surface area contributed by atoms with Crippen LogP contribution in [-0.4, -0.2) is 17.1 Å². The Hall–Kier alpha value is -1.49. The van der Waals surface area contributed by atoms with Crippen LogP contribution in [-0.2, 0) is 9.59 Å². The number of amides is 2. The molecule has 1 rings (SSSR count). The van der Waals surface area contributed by atoms with Crippen molar-refractivity contribution in [2.24, 2.45) is 5.73 Å². The highest BCUT2D eigenvalue weighted by Gasteiger charge is 2.08. The highest BCUT2D eigenvalue weighted by atomic mass is 32.2. The molecule has 16 heavy (non-hydrogen) atoms. The van der Waals surface area contributed by atoms with Crippen LogP contribution in [0.25, 0.3) is 0 Å². The molecule has 1 aromatic carbocycles. The molecule has 5 heteroatoms. The van der Waals surface area contributed by atoms with Crippen LogP contribution in [0.3, 0.4) is 0 Å². The Morgan fingerprint density at radius 3 is 2.25 bits per heavy atom. The van der Waals surface area contributed by atoms with Gasteiger partial charge in [0.05, 0.1) is 0 Å². The zero-order valence-electron chi connectivity index (χ0n) is 9.19. The van der Waals surface area contributed by atoms with E-state index in [-0.39, 0.29) is 0 Å². The van der Waals surface area contributed by atoms with Gasteiger partial charge in [-0.3, -0.25) is 9.59 Å². The molecule has 2 amide bonds. The Morgan fingerprint density at radius 2 is 1.81 bits per heavy atom. The van der Waals surface area contributed by atoms with Crippen molar-refractivity contribution in [3.8, 4) is 0 Å². The predicted octanol–water partition coefficient (Wildman–Crippen LogP) is 1.61. The van der Waals surface area contributed by atoms with Crippen molar-refractivity contribution in [3.63, 3.8) is 0 Å². The van der Waals surface area contributed by atoms with Crippen molar-refractivity contribution < 1.29 is 9.59 Å². The van der Waals surface area contributed by atoms with E-state index >= 15 is 0 Å². The van der Waals surface area contributed by atoms with E-state index in [0.29, 0.717) is 10.9 Å². The number of rotatable bonds is 3. The number of thioether (sulfide) groups is 1. The Morgan fingerprint density at radius 1 is 1.25 bits per heavy atom. The van der Waals surface area contributed by atoms with Gasteiger partial charge in [0.1, 0.15) is 0 Å². The number of hydrogen-bond acceptors (Lipinski definition) is 3. The SMILES string of the molecule is CC(C)Sc1ccc(NC(=O)C(N)=O)cc1. The van der Waals surface area contributed by atoms with Crippen molar-refractivity contribution in [1.82, 2.24) is 0 Å². The third kappa shape index (κ3) is 3.94. The number of benzene rings is 1. The third-order valence-corrected chi connectivity index (χ3v) is 2.72. The second-order valence-electron chi connectivity index (χ2n) is 3.51. The first-order valence-electron chi connectivity index (χ1n) is 4.86. The molecule has 0 aliphatic heterocycles. The predicted molar refractivity (Wildman–Crippen MR) is 65.3 cm³/mol. The maximum Gasteiger partial charge on any atom is 0.313 e. The fourth-order valence-electron chi connectivity index (χ4n) is 1.08.